The fraction of sp³-hybridized carbons (Fsp3) is 0.111. The molecule has 132 valence electrons. The standard InChI is InChI=1S/C18H13ClFN3O2S/c19-13-7-4-8-14(20)16(13)18(24)21-17-12-9-26(25)10-15(12)22-23(17)11-5-2-1-3-6-11/h1-8H,9-10H2,(H,21,24). The maximum Gasteiger partial charge on any atom is 0.261 e. The van der Waals surface area contributed by atoms with E-state index >= 15 is 0 Å². The number of nitrogens with one attached hydrogen (secondary N) is 1. The van der Waals surface area contributed by atoms with Crippen LogP contribution in [0.25, 0.3) is 5.69 Å². The number of anilines is 1. The van der Waals surface area contributed by atoms with E-state index in [2.05, 4.69) is 10.4 Å². The quantitative estimate of drug-likeness (QED) is 0.743. The van der Waals surface area contributed by atoms with Crippen molar-refractivity contribution in [2.24, 2.45) is 0 Å². The van der Waals surface area contributed by atoms with Crippen LogP contribution < -0.4 is 5.32 Å². The van der Waals surface area contributed by atoms with Gasteiger partial charge in [-0.1, -0.05) is 35.9 Å². The zero-order valence-electron chi connectivity index (χ0n) is 13.4. The number of aromatic nitrogens is 2. The normalized spacial score (nSPS) is 15.7. The summed E-state index contributed by atoms with van der Waals surface area (Å²) in [7, 11) is -1.06. The molecule has 0 bridgehead atoms. The second kappa shape index (κ2) is 6.66. The van der Waals surface area contributed by atoms with E-state index in [0.717, 1.165) is 5.69 Å². The topological polar surface area (TPSA) is 64.0 Å². The third-order valence-corrected chi connectivity index (χ3v) is 5.61. The maximum absolute atomic E-state index is 14.1. The molecular weight excluding hydrogens is 377 g/mol. The van der Waals surface area contributed by atoms with Crippen molar-refractivity contribution < 1.29 is 13.4 Å². The van der Waals surface area contributed by atoms with E-state index in [1.54, 1.807) is 4.68 Å². The summed E-state index contributed by atoms with van der Waals surface area (Å²) in [5, 5.41) is 7.22. The fourth-order valence-corrected chi connectivity index (χ4v) is 4.41. The van der Waals surface area contributed by atoms with E-state index in [4.69, 9.17) is 11.6 Å². The highest BCUT2D eigenvalue weighted by Crippen LogP contribution is 2.32. The van der Waals surface area contributed by atoms with Gasteiger partial charge in [0.15, 0.2) is 0 Å². The summed E-state index contributed by atoms with van der Waals surface area (Å²) in [4.78, 5) is 12.7. The maximum atomic E-state index is 14.1. The van der Waals surface area contributed by atoms with Crippen LogP contribution in [0.5, 0.6) is 0 Å². The molecule has 1 aromatic heterocycles. The average Bonchev–Trinajstić information content (AvgIpc) is 3.13. The van der Waals surface area contributed by atoms with Crippen LogP contribution in [0.15, 0.2) is 48.5 Å². The van der Waals surface area contributed by atoms with E-state index in [0.29, 0.717) is 28.6 Å². The molecule has 2 heterocycles. The molecule has 0 aliphatic carbocycles. The highest BCUT2D eigenvalue weighted by molar-refractivity contribution is 7.83. The number of carbonyl (C=O) groups is 1. The SMILES string of the molecule is O=C(Nc1c2c(nn1-c1ccccc1)CS(=O)C2)c1c(F)cccc1Cl. The number of para-hydroxylation sites is 1. The number of carbonyl (C=O) groups excluding carboxylic acids is 1. The second-order valence-electron chi connectivity index (χ2n) is 5.80. The minimum absolute atomic E-state index is 0.0218. The lowest BCUT2D eigenvalue weighted by molar-refractivity contribution is 0.102. The van der Waals surface area contributed by atoms with E-state index < -0.39 is 22.5 Å². The van der Waals surface area contributed by atoms with Crippen molar-refractivity contribution in [3.63, 3.8) is 0 Å². The van der Waals surface area contributed by atoms with Gasteiger partial charge in [0.25, 0.3) is 5.91 Å². The van der Waals surface area contributed by atoms with Gasteiger partial charge in [-0.05, 0) is 24.3 Å². The second-order valence-corrected chi connectivity index (χ2v) is 7.66. The first-order valence-electron chi connectivity index (χ1n) is 7.81. The number of hydrogen-bond donors (Lipinski definition) is 1. The Morgan fingerprint density at radius 2 is 1.92 bits per heavy atom. The first-order valence-corrected chi connectivity index (χ1v) is 9.67. The molecule has 0 spiro atoms. The van der Waals surface area contributed by atoms with Crippen LogP contribution in [-0.4, -0.2) is 19.9 Å². The monoisotopic (exact) mass is 389 g/mol. The molecule has 4 rings (SSSR count). The lowest BCUT2D eigenvalue weighted by Gasteiger charge is -2.12. The Kier molecular flexibility index (Phi) is 4.34. The molecular formula is C18H13ClFN3O2S. The van der Waals surface area contributed by atoms with Gasteiger partial charge in [-0.2, -0.15) is 5.10 Å². The number of fused-ring (bicyclic) bond motifs is 1. The molecule has 1 aliphatic rings. The van der Waals surface area contributed by atoms with Gasteiger partial charge >= 0.3 is 0 Å². The Balaban J connectivity index is 1.79. The fourth-order valence-electron chi connectivity index (χ4n) is 2.90. The molecule has 1 N–H and O–H groups in total. The Labute approximate surface area is 156 Å². The largest absolute Gasteiger partial charge is 0.306 e. The summed E-state index contributed by atoms with van der Waals surface area (Å²) >= 11 is 5.99. The summed E-state index contributed by atoms with van der Waals surface area (Å²) in [6.45, 7) is 0. The number of amides is 1. The van der Waals surface area contributed by atoms with E-state index in [1.165, 1.54) is 18.2 Å². The third kappa shape index (κ3) is 2.93. The zero-order chi connectivity index (χ0) is 18.3. The molecule has 0 radical (unpaired) electrons. The average molecular weight is 390 g/mol. The van der Waals surface area contributed by atoms with Crippen molar-refractivity contribution in [1.82, 2.24) is 9.78 Å². The van der Waals surface area contributed by atoms with Crippen molar-refractivity contribution in [2.75, 3.05) is 5.32 Å². The van der Waals surface area contributed by atoms with Crippen LogP contribution in [0.1, 0.15) is 21.6 Å². The molecule has 0 fully saturated rings. The van der Waals surface area contributed by atoms with Crippen molar-refractivity contribution in [1.29, 1.82) is 0 Å². The number of halogens is 2. The van der Waals surface area contributed by atoms with Gasteiger partial charge in [-0.3, -0.25) is 9.00 Å². The van der Waals surface area contributed by atoms with Gasteiger partial charge in [0.05, 0.1) is 33.5 Å². The molecule has 1 atom stereocenters. The molecule has 3 aromatic rings. The van der Waals surface area contributed by atoms with Gasteiger partial charge in [-0.15, -0.1) is 0 Å². The number of rotatable bonds is 3. The molecule has 0 saturated heterocycles. The zero-order valence-corrected chi connectivity index (χ0v) is 15.0. The van der Waals surface area contributed by atoms with Crippen LogP contribution in [0.4, 0.5) is 10.2 Å². The Morgan fingerprint density at radius 3 is 2.65 bits per heavy atom. The van der Waals surface area contributed by atoms with Gasteiger partial charge in [0.2, 0.25) is 0 Å². The first-order chi connectivity index (χ1) is 12.5. The Hall–Kier alpha value is -2.51. The van der Waals surface area contributed by atoms with Gasteiger partial charge in [0, 0.05) is 16.4 Å². The molecule has 5 nitrogen and oxygen atoms in total. The third-order valence-electron chi connectivity index (χ3n) is 4.09. The smallest absolute Gasteiger partial charge is 0.261 e. The van der Waals surface area contributed by atoms with Crippen LogP contribution >= 0.6 is 11.6 Å². The van der Waals surface area contributed by atoms with E-state index in [9.17, 15) is 13.4 Å². The van der Waals surface area contributed by atoms with E-state index in [-0.39, 0.29) is 10.6 Å². The number of benzene rings is 2. The number of hydrogen-bond acceptors (Lipinski definition) is 3. The summed E-state index contributed by atoms with van der Waals surface area (Å²) in [5.41, 5.74) is 1.88. The summed E-state index contributed by atoms with van der Waals surface area (Å²) in [5.74, 6) is -0.366. The molecule has 26 heavy (non-hydrogen) atoms. The van der Waals surface area contributed by atoms with Gasteiger partial charge in [-0.25, -0.2) is 9.07 Å². The minimum Gasteiger partial charge on any atom is -0.306 e. The molecule has 1 aliphatic heterocycles. The van der Waals surface area contributed by atoms with Crippen LogP contribution in [0, 0.1) is 5.82 Å². The first kappa shape index (κ1) is 16.9. The van der Waals surface area contributed by atoms with Gasteiger partial charge < -0.3 is 5.32 Å². The predicted molar refractivity (Wildman–Crippen MR) is 98.5 cm³/mol. The van der Waals surface area contributed by atoms with E-state index in [1.807, 2.05) is 30.3 Å². The lowest BCUT2D eigenvalue weighted by atomic mass is 10.2. The lowest BCUT2D eigenvalue weighted by Crippen LogP contribution is -2.18. The van der Waals surface area contributed by atoms with Crippen LogP contribution in [0.3, 0.4) is 0 Å². The molecule has 0 saturated carbocycles. The molecule has 8 heteroatoms. The summed E-state index contributed by atoms with van der Waals surface area (Å²) in [6.07, 6.45) is 0. The van der Waals surface area contributed by atoms with Crippen molar-refractivity contribution in [3.05, 3.63) is 76.2 Å². The molecule has 1 unspecified atom stereocenters. The predicted octanol–water partition coefficient (Wildman–Crippen LogP) is 3.68. The van der Waals surface area contributed by atoms with Crippen molar-refractivity contribution >= 4 is 34.1 Å². The summed E-state index contributed by atoms with van der Waals surface area (Å²) < 4.78 is 27.5. The van der Waals surface area contributed by atoms with Crippen molar-refractivity contribution in [3.8, 4) is 5.69 Å². The molecule has 2 aromatic carbocycles. The molecule has 1 amide bonds. The van der Waals surface area contributed by atoms with Crippen LogP contribution in [-0.2, 0) is 22.3 Å². The Morgan fingerprint density at radius 1 is 1.15 bits per heavy atom. The Bertz CT molecular complexity index is 1020. The van der Waals surface area contributed by atoms with Gasteiger partial charge in [0.1, 0.15) is 11.6 Å². The summed E-state index contributed by atoms with van der Waals surface area (Å²) in [6, 6.07) is 13.3. The number of nitrogens with zero attached hydrogens (tertiary/aromatic N) is 2. The van der Waals surface area contributed by atoms with Crippen molar-refractivity contribution in [2.45, 2.75) is 11.5 Å². The minimum atomic E-state index is -1.06. The highest BCUT2D eigenvalue weighted by atomic mass is 35.5. The van der Waals surface area contributed by atoms with Crippen LogP contribution in [0.2, 0.25) is 5.02 Å². The highest BCUT2D eigenvalue weighted by Gasteiger charge is 2.29.